The molecule has 0 saturated carbocycles. The molecule has 1 atom stereocenters. The molecule has 1 aliphatic rings. The van der Waals surface area contributed by atoms with Crippen LogP contribution in [0.25, 0.3) is 0 Å². The Bertz CT molecular complexity index is 1200. The fraction of sp³-hybridized carbons (Fsp3) is 0.136. The van der Waals surface area contributed by atoms with Crippen molar-refractivity contribution < 1.29 is 22.3 Å². The molecule has 8 heteroatoms. The first-order valence-electron chi connectivity index (χ1n) is 9.30. The standard InChI is InChI=1S/C22H19FN2O4S/c1-15-14-25(20-8-4-5-9-21(20)29-15)30(27,28)17-12-10-16(11-13-17)24-22(26)18-6-2-3-7-19(18)23/h2-13,15H,14H2,1H3,(H,24,26). The smallest absolute Gasteiger partial charge is 0.264 e. The minimum atomic E-state index is -3.83. The van der Waals surface area contributed by atoms with Gasteiger partial charge in [0.15, 0.2) is 0 Å². The van der Waals surface area contributed by atoms with Gasteiger partial charge >= 0.3 is 0 Å². The molecule has 3 aromatic rings. The highest BCUT2D eigenvalue weighted by Gasteiger charge is 2.32. The number of nitrogens with zero attached hydrogens (tertiary/aromatic N) is 1. The van der Waals surface area contributed by atoms with Crippen molar-refractivity contribution in [3.63, 3.8) is 0 Å². The van der Waals surface area contributed by atoms with Crippen LogP contribution in [0.2, 0.25) is 0 Å². The molecule has 0 fully saturated rings. The van der Waals surface area contributed by atoms with Crippen molar-refractivity contribution >= 4 is 27.3 Å². The third kappa shape index (κ3) is 3.73. The van der Waals surface area contributed by atoms with E-state index >= 15 is 0 Å². The first kappa shape index (κ1) is 19.9. The number of nitrogens with one attached hydrogen (secondary N) is 1. The molecule has 0 aromatic heterocycles. The van der Waals surface area contributed by atoms with Crippen molar-refractivity contribution in [1.82, 2.24) is 0 Å². The summed E-state index contributed by atoms with van der Waals surface area (Å²) in [5.41, 5.74) is 0.749. The molecule has 3 aromatic carbocycles. The summed E-state index contributed by atoms with van der Waals surface area (Å²) in [7, 11) is -3.83. The van der Waals surface area contributed by atoms with Gasteiger partial charge in [-0.1, -0.05) is 24.3 Å². The fourth-order valence-corrected chi connectivity index (χ4v) is 4.81. The fourth-order valence-electron chi connectivity index (χ4n) is 3.26. The molecule has 1 unspecified atom stereocenters. The Balaban J connectivity index is 1.58. The second-order valence-corrected chi connectivity index (χ2v) is 8.75. The molecule has 1 N–H and O–H groups in total. The van der Waals surface area contributed by atoms with Gasteiger partial charge in [-0.25, -0.2) is 12.8 Å². The molecule has 1 amide bonds. The number of hydrogen-bond donors (Lipinski definition) is 1. The average Bonchev–Trinajstić information content (AvgIpc) is 2.73. The topological polar surface area (TPSA) is 75.7 Å². The van der Waals surface area contributed by atoms with E-state index in [9.17, 15) is 17.6 Å². The predicted molar refractivity (Wildman–Crippen MR) is 112 cm³/mol. The lowest BCUT2D eigenvalue weighted by atomic mass is 10.2. The summed E-state index contributed by atoms with van der Waals surface area (Å²) in [5, 5.41) is 2.57. The molecule has 1 heterocycles. The van der Waals surface area contributed by atoms with Crippen LogP contribution in [0.3, 0.4) is 0 Å². The zero-order chi connectivity index (χ0) is 21.3. The number of para-hydroxylation sites is 2. The summed E-state index contributed by atoms with van der Waals surface area (Å²) in [4.78, 5) is 12.3. The number of fused-ring (bicyclic) bond motifs is 1. The van der Waals surface area contributed by atoms with Crippen molar-refractivity contribution in [1.29, 1.82) is 0 Å². The molecular weight excluding hydrogens is 407 g/mol. The van der Waals surface area contributed by atoms with Crippen molar-refractivity contribution in [2.75, 3.05) is 16.2 Å². The molecule has 0 radical (unpaired) electrons. The Labute approximate surface area is 174 Å². The normalized spacial score (nSPS) is 15.8. The highest BCUT2D eigenvalue weighted by molar-refractivity contribution is 7.92. The van der Waals surface area contributed by atoms with Crippen LogP contribution in [-0.4, -0.2) is 27.0 Å². The molecule has 1 aliphatic heterocycles. The second kappa shape index (κ2) is 7.79. The van der Waals surface area contributed by atoms with Gasteiger partial charge in [0.2, 0.25) is 0 Å². The number of carbonyl (C=O) groups is 1. The molecular formula is C22H19FN2O4S. The molecule has 154 valence electrons. The van der Waals surface area contributed by atoms with Crippen LogP contribution in [-0.2, 0) is 10.0 Å². The van der Waals surface area contributed by atoms with Crippen LogP contribution >= 0.6 is 0 Å². The number of hydrogen-bond acceptors (Lipinski definition) is 4. The van der Waals surface area contributed by atoms with Crippen LogP contribution in [0.4, 0.5) is 15.8 Å². The number of sulfonamides is 1. The number of amides is 1. The van der Waals surface area contributed by atoms with Gasteiger partial charge in [-0.05, 0) is 55.5 Å². The Hall–Kier alpha value is -3.39. The lowest BCUT2D eigenvalue weighted by molar-refractivity contribution is 0.102. The van der Waals surface area contributed by atoms with Crippen LogP contribution in [0.1, 0.15) is 17.3 Å². The molecule has 0 bridgehead atoms. The van der Waals surface area contributed by atoms with Gasteiger partial charge in [0.25, 0.3) is 15.9 Å². The van der Waals surface area contributed by atoms with E-state index in [2.05, 4.69) is 5.32 Å². The molecule has 30 heavy (non-hydrogen) atoms. The molecule has 0 aliphatic carbocycles. The zero-order valence-electron chi connectivity index (χ0n) is 16.1. The molecule has 6 nitrogen and oxygen atoms in total. The SMILES string of the molecule is CC1CN(S(=O)(=O)c2ccc(NC(=O)c3ccccc3F)cc2)c2ccccc2O1. The maximum absolute atomic E-state index is 13.8. The van der Waals surface area contributed by atoms with Gasteiger partial charge in [0, 0.05) is 5.69 Å². The Morgan fingerprint density at radius 3 is 2.43 bits per heavy atom. The summed E-state index contributed by atoms with van der Waals surface area (Å²) < 4.78 is 47.3. The van der Waals surface area contributed by atoms with E-state index in [-0.39, 0.29) is 23.1 Å². The summed E-state index contributed by atoms with van der Waals surface area (Å²) in [6.45, 7) is 1.99. The second-order valence-electron chi connectivity index (χ2n) is 6.89. The lowest BCUT2D eigenvalue weighted by Crippen LogP contribution is -2.42. The minimum Gasteiger partial charge on any atom is -0.487 e. The maximum atomic E-state index is 13.8. The Morgan fingerprint density at radius 1 is 1.03 bits per heavy atom. The maximum Gasteiger partial charge on any atom is 0.264 e. The highest BCUT2D eigenvalue weighted by Crippen LogP contribution is 2.36. The highest BCUT2D eigenvalue weighted by atomic mass is 32.2. The Kier molecular flexibility index (Phi) is 5.17. The number of carbonyl (C=O) groups excluding carboxylic acids is 1. The summed E-state index contributed by atoms with van der Waals surface area (Å²) >= 11 is 0. The third-order valence-corrected chi connectivity index (χ3v) is 6.50. The predicted octanol–water partition coefficient (Wildman–Crippen LogP) is 4.05. The molecule has 0 saturated heterocycles. The summed E-state index contributed by atoms with van der Waals surface area (Å²) in [6.07, 6.45) is -0.297. The van der Waals surface area contributed by atoms with Gasteiger partial charge in [-0.3, -0.25) is 9.10 Å². The van der Waals surface area contributed by atoms with Crippen LogP contribution in [0.5, 0.6) is 5.75 Å². The number of anilines is 2. The Morgan fingerprint density at radius 2 is 1.70 bits per heavy atom. The number of halogens is 1. The number of rotatable bonds is 4. The van der Waals surface area contributed by atoms with Gasteiger partial charge < -0.3 is 10.1 Å². The van der Waals surface area contributed by atoms with E-state index in [1.165, 1.54) is 46.8 Å². The van der Waals surface area contributed by atoms with E-state index in [1.807, 2.05) is 0 Å². The zero-order valence-corrected chi connectivity index (χ0v) is 16.9. The van der Waals surface area contributed by atoms with Crippen LogP contribution in [0, 0.1) is 5.82 Å². The van der Waals surface area contributed by atoms with Crippen molar-refractivity contribution in [2.24, 2.45) is 0 Å². The summed E-state index contributed by atoms with van der Waals surface area (Å²) in [5.74, 6) is -0.734. The first-order valence-corrected chi connectivity index (χ1v) is 10.7. The third-order valence-electron chi connectivity index (χ3n) is 4.70. The van der Waals surface area contributed by atoms with Gasteiger partial charge in [-0.2, -0.15) is 0 Å². The minimum absolute atomic E-state index is 0.0790. The van der Waals surface area contributed by atoms with E-state index < -0.39 is 21.7 Å². The molecule has 4 rings (SSSR count). The average molecular weight is 426 g/mol. The van der Waals surface area contributed by atoms with Crippen molar-refractivity contribution in [3.05, 3.63) is 84.2 Å². The van der Waals surface area contributed by atoms with Crippen molar-refractivity contribution in [2.45, 2.75) is 17.9 Å². The van der Waals surface area contributed by atoms with E-state index in [0.717, 1.165) is 0 Å². The first-order chi connectivity index (χ1) is 14.4. The monoisotopic (exact) mass is 426 g/mol. The largest absolute Gasteiger partial charge is 0.487 e. The van der Waals surface area contributed by atoms with Gasteiger partial charge in [0.1, 0.15) is 17.7 Å². The van der Waals surface area contributed by atoms with E-state index in [1.54, 1.807) is 37.3 Å². The molecule has 0 spiro atoms. The quantitative estimate of drug-likeness (QED) is 0.683. The summed E-state index contributed by atoms with van der Waals surface area (Å²) in [6, 6.07) is 18.4. The lowest BCUT2D eigenvalue weighted by Gasteiger charge is -2.34. The van der Waals surface area contributed by atoms with E-state index in [0.29, 0.717) is 17.1 Å². The van der Waals surface area contributed by atoms with Gasteiger partial charge in [-0.15, -0.1) is 0 Å². The van der Waals surface area contributed by atoms with Gasteiger partial charge in [0.05, 0.1) is 22.7 Å². The number of ether oxygens (including phenoxy) is 1. The van der Waals surface area contributed by atoms with E-state index in [4.69, 9.17) is 4.74 Å². The van der Waals surface area contributed by atoms with Crippen LogP contribution < -0.4 is 14.4 Å². The van der Waals surface area contributed by atoms with Crippen molar-refractivity contribution in [3.8, 4) is 5.75 Å². The van der Waals surface area contributed by atoms with Crippen LogP contribution in [0.15, 0.2) is 77.7 Å². The number of benzene rings is 3.